The second kappa shape index (κ2) is 7.01. The molecule has 2 rings (SSSR count). The monoisotopic (exact) mass is 372 g/mol. The summed E-state index contributed by atoms with van der Waals surface area (Å²) < 4.78 is 51.1. The molecule has 0 aliphatic carbocycles. The van der Waals surface area contributed by atoms with E-state index in [9.17, 15) is 16.8 Å². The zero-order valence-corrected chi connectivity index (χ0v) is 15.1. The maximum atomic E-state index is 12.3. The molecule has 0 aliphatic rings. The lowest BCUT2D eigenvalue weighted by Crippen LogP contribution is -2.26. The highest BCUT2D eigenvalue weighted by Crippen LogP contribution is 2.13. The van der Waals surface area contributed by atoms with Gasteiger partial charge in [0.25, 0.3) is 0 Å². The van der Waals surface area contributed by atoms with Gasteiger partial charge >= 0.3 is 0 Å². The van der Waals surface area contributed by atoms with Crippen molar-refractivity contribution in [3.05, 3.63) is 41.7 Å². The third-order valence-electron chi connectivity index (χ3n) is 3.47. The molecule has 0 atom stereocenters. The molecule has 0 saturated heterocycles. The van der Waals surface area contributed by atoms with E-state index in [0.29, 0.717) is 18.7 Å². The minimum Gasteiger partial charge on any atom is -0.271 e. The van der Waals surface area contributed by atoms with Crippen LogP contribution < -0.4 is 9.86 Å². The van der Waals surface area contributed by atoms with Crippen molar-refractivity contribution in [2.24, 2.45) is 5.14 Å². The van der Waals surface area contributed by atoms with E-state index in [1.165, 1.54) is 18.3 Å². The van der Waals surface area contributed by atoms with Crippen LogP contribution >= 0.6 is 0 Å². The number of hydrogen-bond donors (Lipinski definition) is 2. The molecule has 10 heteroatoms. The zero-order valence-electron chi connectivity index (χ0n) is 13.4. The first kappa shape index (κ1) is 18.6. The van der Waals surface area contributed by atoms with Crippen molar-refractivity contribution < 1.29 is 16.8 Å². The molecule has 8 nitrogen and oxygen atoms in total. The van der Waals surface area contributed by atoms with E-state index in [4.69, 9.17) is 5.14 Å². The Morgan fingerprint density at radius 2 is 1.79 bits per heavy atom. The predicted molar refractivity (Wildman–Crippen MR) is 89.3 cm³/mol. The number of benzene rings is 1. The number of aryl methyl sites for hydroxylation is 2. The standard InChI is InChI=1S/C14H20N4O4S2/c1-3-18-10-14(11(2)17-18)24(21,22)16-9-8-12-4-6-13(7-5-12)23(15,19)20/h4-7,10,16H,3,8-9H2,1-2H3,(H2,15,19,20). The molecule has 0 bridgehead atoms. The third kappa shape index (κ3) is 4.41. The lowest BCUT2D eigenvalue weighted by Gasteiger charge is -2.06. The van der Waals surface area contributed by atoms with Crippen LogP contribution in [0.3, 0.4) is 0 Å². The van der Waals surface area contributed by atoms with Gasteiger partial charge in [-0.3, -0.25) is 4.68 Å². The van der Waals surface area contributed by atoms with Crippen molar-refractivity contribution in [2.75, 3.05) is 6.54 Å². The maximum absolute atomic E-state index is 12.3. The van der Waals surface area contributed by atoms with Crippen molar-refractivity contribution >= 4 is 20.0 Å². The summed E-state index contributed by atoms with van der Waals surface area (Å²) in [6, 6.07) is 6.01. The number of aromatic nitrogens is 2. The molecule has 0 radical (unpaired) electrons. The van der Waals surface area contributed by atoms with Crippen LogP contribution in [0.4, 0.5) is 0 Å². The number of nitrogens with two attached hydrogens (primary N) is 1. The Labute approximate surface area is 141 Å². The molecule has 0 fully saturated rings. The molecule has 0 spiro atoms. The summed E-state index contributed by atoms with van der Waals surface area (Å²) in [6.07, 6.45) is 1.92. The number of nitrogens with zero attached hydrogens (tertiary/aromatic N) is 2. The molecule has 24 heavy (non-hydrogen) atoms. The first-order chi connectivity index (χ1) is 11.1. The van der Waals surface area contributed by atoms with E-state index in [1.54, 1.807) is 23.7 Å². The molecule has 0 amide bonds. The van der Waals surface area contributed by atoms with Gasteiger partial charge in [-0.15, -0.1) is 0 Å². The quantitative estimate of drug-likeness (QED) is 0.727. The van der Waals surface area contributed by atoms with Gasteiger partial charge < -0.3 is 0 Å². The van der Waals surface area contributed by atoms with Crippen molar-refractivity contribution in [3.63, 3.8) is 0 Å². The summed E-state index contributed by atoms with van der Waals surface area (Å²) in [7, 11) is -7.36. The number of nitrogens with one attached hydrogen (secondary N) is 1. The van der Waals surface area contributed by atoms with Crippen LogP contribution in [0.25, 0.3) is 0 Å². The topological polar surface area (TPSA) is 124 Å². The SMILES string of the molecule is CCn1cc(S(=O)(=O)NCCc2ccc(S(N)(=O)=O)cc2)c(C)n1. The summed E-state index contributed by atoms with van der Waals surface area (Å²) >= 11 is 0. The van der Waals surface area contributed by atoms with Crippen LogP contribution in [-0.4, -0.2) is 33.2 Å². The Kier molecular flexibility index (Phi) is 5.43. The Balaban J connectivity index is 2.01. The van der Waals surface area contributed by atoms with Crippen molar-refractivity contribution in [1.82, 2.24) is 14.5 Å². The normalized spacial score (nSPS) is 12.5. The molecular weight excluding hydrogens is 352 g/mol. The van der Waals surface area contributed by atoms with Gasteiger partial charge in [-0.25, -0.2) is 26.7 Å². The summed E-state index contributed by atoms with van der Waals surface area (Å²) in [6.45, 7) is 4.30. The van der Waals surface area contributed by atoms with E-state index in [0.717, 1.165) is 5.56 Å². The van der Waals surface area contributed by atoms with Crippen LogP contribution in [0.1, 0.15) is 18.2 Å². The fourth-order valence-electron chi connectivity index (χ4n) is 2.18. The van der Waals surface area contributed by atoms with Gasteiger partial charge in [-0.05, 0) is 38.0 Å². The smallest absolute Gasteiger partial charge is 0.243 e. The van der Waals surface area contributed by atoms with Gasteiger partial charge in [0.1, 0.15) is 4.90 Å². The average Bonchev–Trinajstić information content (AvgIpc) is 2.89. The molecule has 0 saturated carbocycles. The number of rotatable bonds is 7. The summed E-state index contributed by atoms with van der Waals surface area (Å²) in [5, 5.41) is 9.15. The molecule has 1 aromatic heterocycles. The fraction of sp³-hybridized carbons (Fsp3) is 0.357. The van der Waals surface area contributed by atoms with Gasteiger partial charge in [-0.2, -0.15) is 5.10 Å². The van der Waals surface area contributed by atoms with Crippen LogP contribution in [0.5, 0.6) is 0 Å². The fourth-order valence-corrected chi connectivity index (χ4v) is 3.91. The van der Waals surface area contributed by atoms with Crippen molar-refractivity contribution in [3.8, 4) is 0 Å². The van der Waals surface area contributed by atoms with Crippen LogP contribution in [-0.2, 0) is 33.0 Å². The van der Waals surface area contributed by atoms with E-state index in [2.05, 4.69) is 9.82 Å². The second-order valence-corrected chi connectivity index (χ2v) is 8.57. The van der Waals surface area contributed by atoms with Crippen LogP contribution in [0, 0.1) is 6.92 Å². The van der Waals surface area contributed by atoms with Gasteiger partial charge in [0.15, 0.2) is 0 Å². The molecule has 2 aromatic rings. The molecule has 132 valence electrons. The number of sulfonamides is 2. The van der Waals surface area contributed by atoms with Gasteiger partial charge in [-0.1, -0.05) is 12.1 Å². The molecular formula is C14H20N4O4S2. The molecule has 1 aromatic carbocycles. The summed E-state index contributed by atoms with van der Waals surface area (Å²) in [4.78, 5) is 0.184. The lowest BCUT2D eigenvalue weighted by atomic mass is 10.2. The maximum Gasteiger partial charge on any atom is 0.243 e. The predicted octanol–water partition coefficient (Wildman–Crippen LogP) is 0.380. The highest BCUT2D eigenvalue weighted by molar-refractivity contribution is 7.89. The highest BCUT2D eigenvalue weighted by Gasteiger charge is 2.19. The minimum atomic E-state index is -3.73. The largest absolute Gasteiger partial charge is 0.271 e. The Hall–Kier alpha value is -1.75. The van der Waals surface area contributed by atoms with E-state index >= 15 is 0 Å². The summed E-state index contributed by atoms with van der Waals surface area (Å²) in [5.74, 6) is 0. The van der Waals surface area contributed by atoms with Gasteiger partial charge in [0.05, 0.1) is 10.6 Å². The summed E-state index contributed by atoms with van der Waals surface area (Å²) in [5.41, 5.74) is 1.24. The van der Waals surface area contributed by atoms with E-state index in [1.807, 2.05) is 6.92 Å². The van der Waals surface area contributed by atoms with Gasteiger partial charge in [0.2, 0.25) is 20.0 Å². The van der Waals surface area contributed by atoms with Crippen molar-refractivity contribution in [2.45, 2.75) is 36.6 Å². The van der Waals surface area contributed by atoms with E-state index < -0.39 is 20.0 Å². The van der Waals surface area contributed by atoms with Crippen molar-refractivity contribution in [1.29, 1.82) is 0 Å². The van der Waals surface area contributed by atoms with Gasteiger partial charge in [0, 0.05) is 19.3 Å². The first-order valence-corrected chi connectivity index (χ1v) is 10.3. The zero-order chi connectivity index (χ0) is 18.0. The van der Waals surface area contributed by atoms with E-state index in [-0.39, 0.29) is 16.3 Å². The second-order valence-electron chi connectivity index (χ2n) is 5.27. The lowest BCUT2D eigenvalue weighted by molar-refractivity contribution is 0.580. The molecule has 3 N–H and O–H groups in total. The van der Waals surface area contributed by atoms with Crippen LogP contribution in [0.2, 0.25) is 0 Å². The third-order valence-corrected chi connectivity index (χ3v) is 5.97. The van der Waals surface area contributed by atoms with Crippen LogP contribution in [0.15, 0.2) is 40.3 Å². The Morgan fingerprint density at radius 1 is 1.17 bits per heavy atom. The minimum absolute atomic E-state index is 0.0226. The highest BCUT2D eigenvalue weighted by atomic mass is 32.2. The molecule has 0 unspecified atom stereocenters. The Morgan fingerprint density at radius 3 is 2.29 bits per heavy atom. The molecule has 1 heterocycles. The first-order valence-electron chi connectivity index (χ1n) is 7.29. The average molecular weight is 372 g/mol. The Bertz CT molecular complexity index is 916. The molecule has 0 aliphatic heterocycles. The number of hydrogen-bond acceptors (Lipinski definition) is 5. The number of primary sulfonamides is 1.